The Labute approximate surface area is 145 Å². The van der Waals surface area contributed by atoms with Crippen molar-refractivity contribution in [3.05, 3.63) is 39.9 Å². The third-order valence-electron chi connectivity index (χ3n) is 3.59. The fourth-order valence-corrected chi connectivity index (χ4v) is 4.73. The van der Waals surface area contributed by atoms with Gasteiger partial charge in [-0.25, -0.2) is 9.79 Å². The van der Waals surface area contributed by atoms with Crippen molar-refractivity contribution < 1.29 is 14.6 Å². The summed E-state index contributed by atoms with van der Waals surface area (Å²) >= 11 is 0. The lowest BCUT2D eigenvalue weighted by Crippen LogP contribution is -2.09. The molecule has 5 nitrogen and oxygen atoms in total. The summed E-state index contributed by atoms with van der Waals surface area (Å²) in [5.41, 5.74) is 1.81. The summed E-state index contributed by atoms with van der Waals surface area (Å²) in [6.45, 7) is 8.33. The van der Waals surface area contributed by atoms with Crippen molar-refractivity contribution in [2.45, 2.75) is 27.7 Å². The van der Waals surface area contributed by atoms with Gasteiger partial charge in [-0.1, -0.05) is 20.8 Å². The molecule has 24 heavy (non-hydrogen) atoms. The SMILES string of the molecule is CC[SH]1C(c2ccc(OCC(C)C)c(C#N)c2)=NC(C)=C1C(=O)O. The van der Waals surface area contributed by atoms with Crippen molar-refractivity contribution in [2.75, 3.05) is 12.4 Å². The molecule has 0 aromatic heterocycles. The summed E-state index contributed by atoms with van der Waals surface area (Å²) in [5, 5.41) is 19.6. The third kappa shape index (κ3) is 3.62. The largest absolute Gasteiger partial charge is 0.492 e. The van der Waals surface area contributed by atoms with Crippen LogP contribution in [0.25, 0.3) is 0 Å². The van der Waals surface area contributed by atoms with Crippen LogP contribution in [0.3, 0.4) is 0 Å². The highest BCUT2D eigenvalue weighted by molar-refractivity contribution is 8.34. The first kappa shape index (κ1) is 18.1. The second kappa shape index (κ2) is 7.54. The van der Waals surface area contributed by atoms with Gasteiger partial charge in [-0.15, -0.1) is 0 Å². The van der Waals surface area contributed by atoms with Gasteiger partial charge in [-0.05, 0) is 36.8 Å². The molecule has 1 aliphatic heterocycles. The zero-order valence-electron chi connectivity index (χ0n) is 14.3. The summed E-state index contributed by atoms with van der Waals surface area (Å²) < 4.78 is 5.68. The first-order valence-corrected chi connectivity index (χ1v) is 9.39. The molecule has 0 radical (unpaired) electrons. The molecule has 1 heterocycles. The Morgan fingerprint density at radius 3 is 2.71 bits per heavy atom. The van der Waals surface area contributed by atoms with Crippen molar-refractivity contribution in [3.63, 3.8) is 0 Å². The molecule has 1 aromatic rings. The molecule has 0 spiro atoms. The molecule has 0 amide bonds. The maximum atomic E-state index is 11.5. The lowest BCUT2D eigenvalue weighted by molar-refractivity contribution is -0.131. The second-order valence-corrected chi connectivity index (χ2v) is 8.31. The van der Waals surface area contributed by atoms with Crippen LogP contribution < -0.4 is 4.74 Å². The fraction of sp³-hybridized carbons (Fsp3) is 0.389. The maximum Gasteiger partial charge on any atom is 0.342 e. The molecule has 0 bridgehead atoms. The Bertz CT molecular complexity index is 760. The molecular weight excluding hydrogens is 324 g/mol. The normalized spacial score (nSPS) is 18.5. The number of hydrogen-bond acceptors (Lipinski definition) is 4. The number of carboxylic acids is 1. The fourth-order valence-electron chi connectivity index (χ4n) is 2.51. The van der Waals surface area contributed by atoms with E-state index in [1.54, 1.807) is 19.1 Å². The molecule has 0 saturated carbocycles. The van der Waals surface area contributed by atoms with Gasteiger partial charge in [0.1, 0.15) is 11.8 Å². The van der Waals surface area contributed by atoms with Gasteiger partial charge < -0.3 is 9.84 Å². The molecule has 128 valence electrons. The van der Waals surface area contributed by atoms with Crippen LogP contribution >= 0.6 is 10.9 Å². The summed E-state index contributed by atoms with van der Waals surface area (Å²) in [6.07, 6.45) is 0. The number of nitrogens with zero attached hydrogens (tertiary/aromatic N) is 2. The maximum absolute atomic E-state index is 11.5. The number of thiol groups is 1. The van der Waals surface area contributed by atoms with E-state index < -0.39 is 16.9 Å². The van der Waals surface area contributed by atoms with Crippen LogP contribution in [0.4, 0.5) is 0 Å². The lowest BCUT2D eigenvalue weighted by Gasteiger charge is -2.18. The molecule has 1 atom stereocenters. The number of allylic oxidation sites excluding steroid dienone is 1. The Morgan fingerprint density at radius 2 is 2.17 bits per heavy atom. The molecule has 6 heteroatoms. The van der Waals surface area contributed by atoms with Crippen LogP contribution in [0, 0.1) is 17.2 Å². The predicted molar refractivity (Wildman–Crippen MR) is 97.9 cm³/mol. The van der Waals surface area contributed by atoms with Crippen LogP contribution in [-0.2, 0) is 4.79 Å². The van der Waals surface area contributed by atoms with Crippen LogP contribution in [0.2, 0.25) is 0 Å². The average Bonchev–Trinajstić information content (AvgIpc) is 2.89. The molecule has 2 rings (SSSR count). The van der Waals surface area contributed by atoms with Crippen LogP contribution in [0.15, 0.2) is 33.8 Å². The average molecular weight is 346 g/mol. The Kier molecular flexibility index (Phi) is 5.68. The lowest BCUT2D eigenvalue weighted by atomic mass is 10.1. The van der Waals surface area contributed by atoms with Crippen molar-refractivity contribution >= 4 is 21.9 Å². The van der Waals surface area contributed by atoms with E-state index in [1.807, 2.05) is 26.8 Å². The number of hydrogen-bond donors (Lipinski definition) is 2. The van der Waals surface area contributed by atoms with E-state index in [0.717, 1.165) is 10.6 Å². The van der Waals surface area contributed by atoms with Crippen molar-refractivity contribution in [1.82, 2.24) is 0 Å². The van der Waals surface area contributed by atoms with Gasteiger partial charge in [-0.2, -0.15) is 16.2 Å². The van der Waals surface area contributed by atoms with Gasteiger partial charge in [0.25, 0.3) is 0 Å². The Balaban J connectivity index is 2.36. The van der Waals surface area contributed by atoms with Crippen molar-refractivity contribution in [2.24, 2.45) is 10.9 Å². The van der Waals surface area contributed by atoms with Crippen LogP contribution in [0.1, 0.15) is 38.8 Å². The molecule has 0 aliphatic carbocycles. The highest BCUT2D eigenvalue weighted by atomic mass is 32.2. The van der Waals surface area contributed by atoms with E-state index >= 15 is 0 Å². The number of nitriles is 1. The first-order valence-electron chi connectivity index (χ1n) is 7.86. The van der Waals surface area contributed by atoms with Gasteiger partial charge >= 0.3 is 5.97 Å². The van der Waals surface area contributed by atoms with Gasteiger partial charge in [0.15, 0.2) is 0 Å². The van der Waals surface area contributed by atoms with Gasteiger partial charge in [0.2, 0.25) is 0 Å². The van der Waals surface area contributed by atoms with E-state index in [1.165, 1.54) is 0 Å². The summed E-state index contributed by atoms with van der Waals surface area (Å²) in [5.74, 6) is 0.725. The van der Waals surface area contributed by atoms with E-state index in [4.69, 9.17) is 4.74 Å². The van der Waals surface area contributed by atoms with Gasteiger partial charge in [-0.3, -0.25) is 0 Å². The summed E-state index contributed by atoms with van der Waals surface area (Å²) in [7, 11) is -0.990. The number of benzene rings is 1. The molecular formula is C18H22N2O3S. The Hall–Kier alpha value is -2.26. The minimum absolute atomic E-state index is 0.369. The zero-order valence-corrected chi connectivity index (χ0v) is 15.2. The quantitative estimate of drug-likeness (QED) is 0.770. The zero-order chi connectivity index (χ0) is 17.9. The number of rotatable bonds is 6. The van der Waals surface area contributed by atoms with E-state index in [0.29, 0.717) is 40.2 Å². The number of aliphatic carboxylic acids is 1. The number of carboxylic acid groups (broad SMARTS) is 1. The minimum atomic E-state index is -0.990. The highest BCUT2D eigenvalue weighted by Crippen LogP contribution is 2.46. The van der Waals surface area contributed by atoms with Crippen molar-refractivity contribution in [3.8, 4) is 11.8 Å². The number of aliphatic imine (C=N–C) groups is 1. The predicted octanol–water partition coefficient (Wildman–Crippen LogP) is 3.69. The summed E-state index contributed by atoms with van der Waals surface area (Å²) in [4.78, 5) is 16.4. The third-order valence-corrected chi connectivity index (χ3v) is 6.15. The van der Waals surface area contributed by atoms with E-state index in [9.17, 15) is 15.2 Å². The van der Waals surface area contributed by atoms with Gasteiger partial charge in [0.05, 0.1) is 27.8 Å². The van der Waals surface area contributed by atoms with E-state index in [-0.39, 0.29) is 0 Å². The van der Waals surface area contributed by atoms with E-state index in [2.05, 4.69) is 11.1 Å². The topological polar surface area (TPSA) is 82.7 Å². The van der Waals surface area contributed by atoms with Crippen LogP contribution in [-0.4, -0.2) is 28.5 Å². The Morgan fingerprint density at radius 1 is 1.46 bits per heavy atom. The smallest absolute Gasteiger partial charge is 0.342 e. The molecule has 1 aromatic carbocycles. The number of carbonyl (C=O) groups is 1. The second-order valence-electron chi connectivity index (χ2n) is 5.95. The molecule has 0 saturated heterocycles. The molecule has 1 aliphatic rings. The van der Waals surface area contributed by atoms with Crippen LogP contribution in [0.5, 0.6) is 5.75 Å². The standard InChI is InChI=1S/C18H22N2O3S/c1-5-24-16(18(21)22)12(4)20-17(24)13-6-7-15(14(8-13)9-19)23-10-11(2)3/h6-8,11,24H,5,10H2,1-4H3,(H,21,22). The van der Waals surface area contributed by atoms with Gasteiger partial charge in [0, 0.05) is 5.56 Å². The summed E-state index contributed by atoms with van der Waals surface area (Å²) in [6, 6.07) is 7.54. The monoisotopic (exact) mass is 346 g/mol. The minimum Gasteiger partial charge on any atom is -0.492 e. The van der Waals surface area contributed by atoms with Crippen molar-refractivity contribution in [1.29, 1.82) is 5.26 Å². The molecule has 0 fully saturated rings. The molecule has 1 N–H and O–H groups in total. The molecule has 1 unspecified atom stereocenters. The number of ether oxygens (including phenoxy) is 1. The first-order chi connectivity index (χ1) is 11.4. The highest BCUT2D eigenvalue weighted by Gasteiger charge is 2.29.